The number of hydrogen-bond acceptors (Lipinski definition) is 2. The van der Waals surface area contributed by atoms with Crippen LogP contribution in [0.4, 0.5) is 4.79 Å². The van der Waals surface area contributed by atoms with E-state index >= 15 is 0 Å². The van der Waals surface area contributed by atoms with Crippen LogP contribution in [-0.4, -0.2) is 12.2 Å². The number of rotatable bonds is 7. The van der Waals surface area contributed by atoms with Crippen LogP contribution in [0.25, 0.3) is 0 Å². The third-order valence-electron chi connectivity index (χ3n) is 3.82. The van der Waals surface area contributed by atoms with Gasteiger partial charge in [0.1, 0.15) is 6.10 Å². The molecule has 2 aromatic rings. The van der Waals surface area contributed by atoms with E-state index in [4.69, 9.17) is 4.74 Å². The number of alkyl carbamates (subject to hydrolysis) is 1. The van der Waals surface area contributed by atoms with Crippen molar-refractivity contribution in [3.8, 4) is 0 Å². The van der Waals surface area contributed by atoms with Gasteiger partial charge in [-0.05, 0) is 24.5 Å². The lowest BCUT2D eigenvalue weighted by Crippen LogP contribution is -2.32. The first kappa shape index (κ1) is 17.1. The lowest BCUT2D eigenvalue weighted by molar-refractivity contribution is 0.0897. The molecule has 3 nitrogen and oxygen atoms in total. The second kappa shape index (κ2) is 8.99. The molecule has 0 aromatic heterocycles. The number of nitrogens with one attached hydrogen (secondary N) is 1. The molecule has 0 aliphatic carbocycles. The second-order valence-corrected chi connectivity index (χ2v) is 5.78. The summed E-state index contributed by atoms with van der Waals surface area (Å²) in [6.45, 7) is 4.06. The molecule has 0 saturated heterocycles. The van der Waals surface area contributed by atoms with Crippen LogP contribution in [-0.2, 0) is 11.2 Å². The maximum Gasteiger partial charge on any atom is 0.407 e. The Morgan fingerprint density at radius 1 is 1.04 bits per heavy atom. The number of hydrogen-bond donors (Lipinski definition) is 1. The van der Waals surface area contributed by atoms with E-state index in [1.165, 1.54) is 5.56 Å². The van der Waals surface area contributed by atoms with Gasteiger partial charge in [-0.25, -0.2) is 4.79 Å². The highest BCUT2D eigenvalue weighted by Gasteiger charge is 2.16. The molecule has 0 aliphatic heterocycles. The van der Waals surface area contributed by atoms with Crippen LogP contribution in [0.15, 0.2) is 60.7 Å². The lowest BCUT2D eigenvalue weighted by atomic mass is 10.0. The van der Waals surface area contributed by atoms with Crippen LogP contribution in [0.3, 0.4) is 0 Å². The summed E-state index contributed by atoms with van der Waals surface area (Å²) >= 11 is 0. The molecule has 3 heteroatoms. The zero-order chi connectivity index (χ0) is 16.5. The fourth-order valence-electron chi connectivity index (χ4n) is 2.59. The SMILES string of the molecule is CCCC(Cc1ccccc1)OC(=O)NC(C)c1ccccc1. The molecule has 2 aromatic carbocycles. The predicted octanol–water partition coefficient (Wildman–Crippen LogP) is 4.89. The Labute approximate surface area is 138 Å². The van der Waals surface area contributed by atoms with Gasteiger partial charge in [0.15, 0.2) is 0 Å². The van der Waals surface area contributed by atoms with Crippen LogP contribution in [0.1, 0.15) is 43.9 Å². The van der Waals surface area contributed by atoms with Crippen molar-refractivity contribution < 1.29 is 9.53 Å². The van der Waals surface area contributed by atoms with Gasteiger partial charge in [0.25, 0.3) is 0 Å². The van der Waals surface area contributed by atoms with Crippen molar-refractivity contribution in [2.24, 2.45) is 0 Å². The van der Waals surface area contributed by atoms with Crippen LogP contribution < -0.4 is 5.32 Å². The zero-order valence-electron chi connectivity index (χ0n) is 13.9. The van der Waals surface area contributed by atoms with E-state index < -0.39 is 0 Å². The summed E-state index contributed by atoms with van der Waals surface area (Å²) in [5.41, 5.74) is 2.26. The molecule has 122 valence electrons. The molecular formula is C20H25NO2. The summed E-state index contributed by atoms with van der Waals surface area (Å²) in [4.78, 5) is 12.2. The first-order valence-electron chi connectivity index (χ1n) is 8.25. The molecule has 2 unspecified atom stereocenters. The van der Waals surface area contributed by atoms with E-state index in [1.807, 2.05) is 55.5 Å². The predicted molar refractivity (Wildman–Crippen MR) is 93.3 cm³/mol. The summed E-state index contributed by atoms with van der Waals surface area (Å²) in [7, 11) is 0. The third-order valence-corrected chi connectivity index (χ3v) is 3.82. The van der Waals surface area contributed by atoms with E-state index in [0.29, 0.717) is 0 Å². The lowest BCUT2D eigenvalue weighted by Gasteiger charge is -2.20. The van der Waals surface area contributed by atoms with Gasteiger partial charge in [0.2, 0.25) is 0 Å². The summed E-state index contributed by atoms with van der Waals surface area (Å²) in [6.07, 6.45) is 2.16. The van der Waals surface area contributed by atoms with E-state index in [9.17, 15) is 4.79 Å². The molecule has 0 heterocycles. The van der Waals surface area contributed by atoms with E-state index in [2.05, 4.69) is 24.4 Å². The van der Waals surface area contributed by atoms with Crippen LogP contribution in [0, 0.1) is 0 Å². The number of benzene rings is 2. The maximum absolute atomic E-state index is 12.2. The maximum atomic E-state index is 12.2. The minimum atomic E-state index is -0.351. The fourth-order valence-corrected chi connectivity index (χ4v) is 2.59. The molecule has 0 radical (unpaired) electrons. The minimum absolute atomic E-state index is 0.0669. The number of carbonyl (C=O) groups is 1. The Hall–Kier alpha value is -2.29. The van der Waals surface area contributed by atoms with Gasteiger partial charge in [-0.15, -0.1) is 0 Å². The first-order chi connectivity index (χ1) is 11.2. The average molecular weight is 311 g/mol. The largest absolute Gasteiger partial charge is 0.446 e. The summed E-state index contributed by atoms with van der Waals surface area (Å²) in [6, 6.07) is 20.0. The molecule has 0 saturated carbocycles. The van der Waals surface area contributed by atoms with E-state index in [1.54, 1.807) is 0 Å². The van der Waals surface area contributed by atoms with Gasteiger partial charge in [-0.1, -0.05) is 74.0 Å². The van der Waals surface area contributed by atoms with Crippen LogP contribution in [0.2, 0.25) is 0 Å². The van der Waals surface area contributed by atoms with Crippen molar-refractivity contribution in [1.29, 1.82) is 0 Å². The molecular weight excluding hydrogens is 286 g/mol. The molecule has 2 atom stereocenters. The normalized spacial score (nSPS) is 13.1. The smallest absolute Gasteiger partial charge is 0.407 e. The standard InChI is InChI=1S/C20H25NO2/c1-3-10-19(15-17-11-6-4-7-12-17)23-20(22)21-16(2)18-13-8-5-9-14-18/h4-9,11-14,16,19H,3,10,15H2,1-2H3,(H,21,22). The highest BCUT2D eigenvalue weighted by atomic mass is 16.6. The molecule has 0 bridgehead atoms. The van der Waals surface area contributed by atoms with Gasteiger partial charge >= 0.3 is 6.09 Å². The molecule has 1 N–H and O–H groups in total. The Morgan fingerprint density at radius 2 is 1.65 bits per heavy atom. The molecule has 23 heavy (non-hydrogen) atoms. The van der Waals surface area contributed by atoms with Crippen molar-refractivity contribution in [3.63, 3.8) is 0 Å². The van der Waals surface area contributed by atoms with Gasteiger partial charge in [-0.3, -0.25) is 0 Å². The second-order valence-electron chi connectivity index (χ2n) is 5.78. The topological polar surface area (TPSA) is 38.3 Å². The number of amides is 1. The minimum Gasteiger partial charge on any atom is -0.446 e. The van der Waals surface area contributed by atoms with Gasteiger partial charge in [0.05, 0.1) is 6.04 Å². The van der Waals surface area contributed by atoms with Crippen LogP contribution in [0.5, 0.6) is 0 Å². The molecule has 2 rings (SSSR count). The van der Waals surface area contributed by atoms with Crippen molar-refractivity contribution in [2.45, 2.75) is 45.3 Å². The fraction of sp³-hybridized carbons (Fsp3) is 0.350. The summed E-state index contributed by atoms with van der Waals surface area (Å²) in [5, 5.41) is 2.91. The van der Waals surface area contributed by atoms with Gasteiger partial charge < -0.3 is 10.1 Å². The van der Waals surface area contributed by atoms with Crippen molar-refractivity contribution in [2.75, 3.05) is 0 Å². The average Bonchev–Trinajstić information content (AvgIpc) is 2.56. The van der Waals surface area contributed by atoms with Crippen molar-refractivity contribution in [3.05, 3.63) is 71.8 Å². The quantitative estimate of drug-likeness (QED) is 0.791. The molecule has 1 amide bonds. The summed E-state index contributed by atoms with van der Waals surface area (Å²) < 4.78 is 5.64. The Kier molecular flexibility index (Phi) is 6.67. The Morgan fingerprint density at radius 3 is 2.26 bits per heavy atom. The third kappa shape index (κ3) is 5.78. The molecule has 0 fully saturated rings. The molecule has 0 spiro atoms. The van der Waals surface area contributed by atoms with Gasteiger partial charge in [0, 0.05) is 6.42 Å². The van der Waals surface area contributed by atoms with E-state index in [0.717, 1.165) is 24.8 Å². The Balaban J connectivity index is 1.90. The highest BCUT2D eigenvalue weighted by Crippen LogP contribution is 2.14. The zero-order valence-corrected chi connectivity index (χ0v) is 13.9. The molecule has 0 aliphatic rings. The Bertz CT molecular complexity index is 583. The van der Waals surface area contributed by atoms with Gasteiger partial charge in [-0.2, -0.15) is 0 Å². The summed E-state index contributed by atoms with van der Waals surface area (Å²) in [5.74, 6) is 0. The monoisotopic (exact) mass is 311 g/mol. The van der Waals surface area contributed by atoms with Crippen molar-refractivity contribution >= 4 is 6.09 Å². The number of carbonyl (C=O) groups excluding carboxylic acids is 1. The van der Waals surface area contributed by atoms with E-state index in [-0.39, 0.29) is 18.2 Å². The van der Waals surface area contributed by atoms with Crippen LogP contribution >= 0.6 is 0 Å². The highest BCUT2D eigenvalue weighted by molar-refractivity contribution is 5.68. The van der Waals surface area contributed by atoms with Crippen molar-refractivity contribution in [1.82, 2.24) is 5.32 Å². The first-order valence-corrected chi connectivity index (χ1v) is 8.25. The number of ether oxygens (including phenoxy) is 1.